The number of methoxy groups -OCH3 is 4. The molecule has 0 spiro atoms. The molecule has 1 aliphatic heterocycles. The van der Waals surface area contributed by atoms with Gasteiger partial charge in [0.1, 0.15) is 11.3 Å². The van der Waals surface area contributed by atoms with Crippen molar-refractivity contribution < 1.29 is 28.5 Å². The molecule has 0 aliphatic carbocycles. The van der Waals surface area contributed by atoms with Crippen molar-refractivity contribution in [3.05, 3.63) is 61.9 Å². The van der Waals surface area contributed by atoms with Crippen molar-refractivity contribution in [2.75, 3.05) is 35.0 Å². The number of halogens is 1. The zero-order valence-electron chi connectivity index (χ0n) is 18.5. The SMILES string of the molecule is COCCn1c(C)cc2c(c1=O)[C@@H](c1cc(Cl)c(OC)c(OC)c1)C(C(=O)OC)=C(N)O2. The molecule has 2 aromatic rings. The Hall–Kier alpha value is -3.17. The highest BCUT2D eigenvalue weighted by Crippen LogP contribution is 2.45. The molecule has 1 atom stereocenters. The number of aryl methyl sites for hydroxylation is 1. The number of nitrogens with two attached hydrogens (primary N) is 1. The number of ether oxygens (including phenoxy) is 5. The second-order valence-electron chi connectivity index (χ2n) is 7.06. The summed E-state index contributed by atoms with van der Waals surface area (Å²) in [6.07, 6.45) is 0. The molecule has 2 heterocycles. The van der Waals surface area contributed by atoms with Crippen LogP contribution in [0.2, 0.25) is 5.02 Å². The minimum atomic E-state index is -0.912. The first kappa shape index (κ1) is 23.5. The van der Waals surface area contributed by atoms with Gasteiger partial charge in [0, 0.05) is 25.4 Å². The number of pyridine rings is 1. The van der Waals surface area contributed by atoms with Crippen LogP contribution in [0.3, 0.4) is 0 Å². The van der Waals surface area contributed by atoms with Gasteiger partial charge in [0.15, 0.2) is 11.5 Å². The van der Waals surface area contributed by atoms with Gasteiger partial charge < -0.3 is 34.0 Å². The third kappa shape index (κ3) is 4.01. The lowest BCUT2D eigenvalue weighted by Crippen LogP contribution is -2.35. The highest BCUT2D eigenvalue weighted by Gasteiger charge is 2.39. The lowest BCUT2D eigenvalue weighted by Gasteiger charge is -2.29. The van der Waals surface area contributed by atoms with Gasteiger partial charge in [-0.1, -0.05) is 11.6 Å². The van der Waals surface area contributed by atoms with Gasteiger partial charge in [-0.25, -0.2) is 4.79 Å². The Morgan fingerprint density at radius 1 is 1.19 bits per heavy atom. The highest BCUT2D eigenvalue weighted by atomic mass is 35.5. The van der Waals surface area contributed by atoms with Crippen LogP contribution in [0.15, 0.2) is 34.4 Å². The van der Waals surface area contributed by atoms with Crippen LogP contribution in [0.25, 0.3) is 0 Å². The first-order valence-corrected chi connectivity index (χ1v) is 10.1. The molecule has 0 saturated carbocycles. The average Bonchev–Trinajstić information content (AvgIpc) is 2.76. The standard InChI is InChI=1S/C22H25ClN2O7/c1-11-8-14-17(21(26)25(11)6-7-28-2)16(18(20(24)32-14)22(27)31-5)12-9-13(23)19(30-4)15(10-12)29-3/h8-10,16H,6-7,24H2,1-5H3/t16-/m1/s1. The van der Waals surface area contributed by atoms with Crippen LogP contribution in [0, 0.1) is 6.92 Å². The Balaban J connectivity index is 2.35. The maximum atomic E-state index is 13.6. The summed E-state index contributed by atoms with van der Waals surface area (Å²) < 4.78 is 28.0. The summed E-state index contributed by atoms with van der Waals surface area (Å²) in [5.74, 6) is -0.894. The van der Waals surface area contributed by atoms with Crippen molar-refractivity contribution in [2.45, 2.75) is 19.4 Å². The number of nitrogens with zero attached hydrogens (tertiary/aromatic N) is 1. The van der Waals surface area contributed by atoms with Crippen LogP contribution in [0.5, 0.6) is 17.2 Å². The van der Waals surface area contributed by atoms with Crippen molar-refractivity contribution in [1.82, 2.24) is 4.57 Å². The fourth-order valence-electron chi connectivity index (χ4n) is 3.79. The Morgan fingerprint density at radius 2 is 1.91 bits per heavy atom. The molecular formula is C22H25ClN2O7. The zero-order valence-corrected chi connectivity index (χ0v) is 19.2. The number of carbonyl (C=O) groups is 1. The minimum absolute atomic E-state index is 0.0115. The van der Waals surface area contributed by atoms with Crippen molar-refractivity contribution >= 4 is 17.6 Å². The molecule has 32 heavy (non-hydrogen) atoms. The van der Waals surface area contributed by atoms with Crippen molar-refractivity contribution in [3.8, 4) is 17.2 Å². The highest BCUT2D eigenvalue weighted by molar-refractivity contribution is 6.32. The Labute approximate surface area is 190 Å². The summed E-state index contributed by atoms with van der Waals surface area (Å²) in [5.41, 5.74) is 7.13. The number of carbonyl (C=O) groups excluding carboxylic acids is 1. The van der Waals surface area contributed by atoms with E-state index >= 15 is 0 Å². The van der Waals surface area contributed by atoms with E-state index in [1.165, 1.54) is 21.3 Å². The molecule has 0 amide bonds. The van der Waals surface area contributed by atoms with E-state index in [9.17, 15) is 9.59 Å². The molecular weight excluding hydrogens is 440 g/mol. The molecule has 0 radical (unpaired) electrons. The van der Waals surface area contributed by atoms with Gasteiger partial charge in [-0.05, 0) is 24.6 Å². The van der Waals surface area contributed by atoms with Gasteiger partial charge in [0.25, 0.3) is 5.56 Å². The molecule has 3 rings (SSSR count). The van der Waals surface area contributed by atoms with Gasteiger partial charge in [0.05, 0.1) is 44.4 Å². The summed E-state index contributed by atoms with van der Waals surface area (Å²) in [7, 11) is 5.70. The number of hydrogen-bond donors (Lipinski definition) is 1. The van der Waals surface area contributed by atoms with E-state index in [1.54, 1.807) is 36.8 Å². The Bertz CT molecular complexity index is 1140. The van der Waals surface area contributed by atoms with Crippen molar-refractivity contribution in [2.24, 2.45) is 5.73 Å². The van der Waals surface area contributed by atoms with Crippen molar-refractivity contribution in [3.63, 3.8) is 0 Å². The zero-order chi connectivity index (χ0) is 23.6. The van der Waals surface area contributed by atoms with E-state index < -0.39 is 11.9 Å². The molecule has 0 saturated heterocycles. The van der Waals surface area contributed by atoms with E-state index in [4.69, 9.17) is 41.0 Å². The number of rotatable bonds is 7. The molecule has 1 aromatic carbocycles. The summed E-state index contributed by atoms with van der Waals surface area (Å²) in [5, 5.41) is 0.240. The summed E-state index contributed by atoms with van der Waals surface area (Å²) in [6.45, 7) is 2.43. The number of aromatic nitrogens is 1. The lowest BCUT2D eigenvalue weighted by molar-refractivity contribution is -0.136. The van der Waals surface area contributed by atoms with Gasteiger partial charge in [-0.2, -0.15) is 0 Å². The maximum absolute atomic E-state index is 13.6. The molecule has 0 fully saturated rings. The molecule has 0 bridgehead atoms. The van der Waals surface area contributed by atoms with Crippen LogP contribution in [-0.4, -0.2) is 45.6 Å². The maximum Gasteiger partial charge on any atom is 0.340 e. The molecule has 9 nitrogen and oxygen atoms in total. The predicted molar refractivity (Wildman–Crippen MR) is 118 cm³/mol. The summed E-state index contributed by atoms with van der Waals surface area (Å²) in [6, 6.07) is 4.93. The smallest absolute Gasteiger partial charge is 0.340 e. The number of benzene rings is 1. The van der Waals surface area contributed by atoms with Crippen LogP contribution in [0.1, 0.15) is 22.7 Å². The molecule has 1 aromatic heterocycles. The normalized spacial score (nSPS) is 15.1. The summed E-state index contributed by atoms with van der Waals surface area (Å²) >= 11 is 6.42. The van der Waals surface area contributed by atoms with Crippen LogP contribution in [0.4, 0.5) is 0 Å². The van der Waals surface area contributed by atoms with Gasteiger partial charge in [-0.15, -0.1) is 0 Å². The fourth-order valence-corrected chi connectivity index (χ4v) is 4.09. The lowest BCUT2D eigenvalue weighted by atomic mass is 9.83. The van der Waals surface area contributed by atoms with E-state index in [0.29, 0.717) is 35.9 Å². The molecule has 1 aliphatic rings. The average molecular weight is 465 g/mol. The van der Waals surface area contributed by atoms with E-state index in [1.807, 2.05) is 0 Å². The number of fused-ring (bicyclic) bond motifs is 1. The monoisotopic (exact) mass is 464 g/mol. The molecule has 2 N–H and O–H groups in total. The first-order valence-electron chi connectivity index (χ1n) is 9.69. The Kier molecular flexibility index (Phi) is 7.00. The fraction of sp³-hybridized carbons (Fsp3) is 0.364. The van der Waals surface area contributed by atoms with Crippen LogP contribution in [-0.2, 0) is 20.8 Å². The Morgan fingerprint density at radius 3 is 2.50 bits per heavy atom. The third-order valence-corrected chi connectivity index (χ3v) is 5.56. The van der Waals surface area contributed by atoms with Crippen LogP contribution < -0.4 is 25.5 Å². The molecule has 0 unspecified atom stereocenters. The quantitative estimate of drug-likeness (QED) is 0.621. The largest absolute Gasteiger partial charge is 0.493 e. The van der Waals surface area contributed by atoms with E-state index in [2.05, 4.69) is 0 Å². The van der Waals surface area contributed by atoms with Crippen LogP contribution >= 0.6 is 11.6 Å². The summed E-state index contributed by atoms with van der Waals surface area (Å²) in [4.78, 5) is 26.3. The third-order valence-electron chi connectivity index (χ3n) is 5.28. The topological polar surface area (TPSA) is 111 Å². The predicted octanol–water partition coefficient (Wildman–Crippen LogP) is 2.34. The van der Waals surface area contributed by atoms with E-state index in [0.717, 1.165) is 0 Å². The minimum Gasteiger partial charge on any atom is -0.493 e. The molecule has 10 heteroatoms. The van der Waals surface area contributed by atoms with Gasteiger partial charge in [0.2, 0.25) is 5.88 Å². The first-order chi connectivity index (χ1) is 15.3. The number of hydrogen-bond acceptors (Lipinski definition) is 8. The number of esters is 1. The molecule has 172 valence electrons. The van der Waals surface area contributed by atoms with E-state index in [-0.39, 0.29) is 33.4 Å². The second-order valence-corrected chi connectivity index (χ2v) is 7.46. The van der Waals surface area contributed by atoms with Gasteiger partial charge >= 0.3 is 5.97 Å². The van der Waals surface area contributed by atoms with Gasteiger partial charge in [-0.3, -0.25) is 4.79 Å². The van der Waals surface area contributed by atoms with Crippen molar-refractivity contribution in [1.29, 1.82) is 0 Å². The second kappa shape index (κ2) is 9.54.